The van der Waals surface area contributed by atoms with Gasteiger partial charge in [0.1, 0.15) is 6.54 Å². The zero-order valence-electron chi connectivity index (χ0n) is 17.0. The normalized spacial score (nSPS) is 22.7. The number of aryl methyl sites for hydroxylation is 1. The minimum atomic E-state index is -0.487. The molecule has 1 aromatic carbocycles. The molecule has 0 spiro atoms. The third kappa shape index (κ3) is 3.55. The first kappa shape index (κ1) is 20.1. The van der Waals surface area contributed by atoms with Crippen molar-refractivity contribution in [1.82, 2.24) is 19.8 Å². The minimum Gasteiger partial charge on any atom is -0.468 e. The lowest BCUT2D eigenvalue weighted by atomic mass is 9.61. The second-order valence-electron chi connectivity index (χ2n) is 7.99. The molecule has 9 nitrogen and oxygen atoms in total. The molecule has 158 valence electrons. The Morgan fingerprint density at radius 2 is 2.10 bits per heavy atom. The Morgan fingerprint density at radius 1 is 1.30 bits per heavy atom. The van der Waals surface area contributed by atoms with Crippen molar-refractivity contribution in [2.24, 2.45) is 24.8 Å². The number of likely N-dealkylation sites (tertiary alicyclic amines) is 1. The van der Waals surface area contributed by atoms with Gasteiger partial charge in [-0.15, -0.1) is 0 Å². The van der Waals surface area contributed by atoms with Crippen LogP contribution in [0.2, 0.25) is 0 Å². The Kier molecular flexibility index (Phi) is 5.27. The fraction of sp³-hybridized carbons (Fsp3) is 0.476. The molecule has 1 saturated heterocycles. The van der Waals surface area contributed by atoms with Gasteiger partial charge in [-0.3, -0.25) is 19.2 Å². The number of hydrogen-bond acceptors (Lipinski definition) is 6. The van der Waals surface area contributed by atoms with Crippen LogP contribution in [0, 0.1) is 17.8 Å². The van der Waals surface area contributed by atoms with Crippen molar-refractivity contribution in [2.75, 3.05) is 26.7 Å². The quantitative estimate of drug-likeness (QED) is 0.724. The molecule has 2 aliphatic rings. The van der Waals surface area contributed by atoms with E-state index >= 15 is 0 Å². The molecule has 1 aliphatic carbocycles. The van der Waals surface area contributed by atoms with Gasteiger partial charge < -0.3 is 19.5 Å². The number of aromatic nitrogens is 2. The van der Waals surface area contributed by atoms with E-state index in [0.717, 1.165) is 12.8 Å². The predicted molar refractivity (Wildman–Crippen MR) is 108 cm³/mol. The van der Waals surface area contributed by atoms with Gasteiger partial charge in [-0.05, 0) is 42.9 Å². The zero-order valence-corrected chi connectivity index (χ0v) is 17.0. The van der Waals surface area contributed by atoms with Crippen molar-refractivity contribution in [1.29, 1.82) is 0 Å². The molecule has 1 aliphatic heterocycles. The highest BCUT2D eigenvalue weighted by atomic mass is 16.5. The summed E-state index contributed by atoms with van der Waals surface area (Å²) in [5.74, 6) is -0.466. The van der Waals surface area contributed by atoms with Crippen LogP contribution in [0.3, 0.4) is 0 Å². The van der Waals surface area contributed by atoms with Gasteiger partial charge in [0.25, 0.3) is 11.5 Å². The number of carbonyl (C=O) groups is 3. The Labute approximate surface area is 173 Å². The molecule has 1 saturated carbocycles. The van der Waals surface area contributed by atoms with Crippen LogP contribution >= 0.6 is 0 Å². The maximum absolute atomic E-state index is 13.1. The number of hydrogen-bond donors (Lipinski definition) is 1. The number of piperidine rings is 1. The summed E-state index contributed by atoms with van der Waals surface area (Å²) in [4.78, 5) is 54.9. The largest absolute Gasteiger partial charge is 0.468 e. The summed E-state index contributed by atoms with van der Waals surface area (Å²) < 4.78 is 5.95. The van der Waals surface area contributed by atoms with E-state index in [1.54, 1.807) is 30.1 Å². The third-order valence-corrected chi connectivity index (χ3v) is 6.30. The molecule has 30 heavy (non-hydrogen) atoms. The van der Waals surface area contributed by atoms with Gasteiger partial charge in [0, 0.05) is 31.6 Å². The van der Waals surface area contributed by atoms with Gasteiger partial charge in [-0.1, -0.05) is 0 Å². The fourth-order valence-corrected chi connectivity index (χ4v) is 4.46. The molecule has 3 atom stereocenters. The summed E-state index contributed by atoms with van der Waals surface area (Å²) in [6.07, 6.45) is 3.07. The molecular weight excluding hydrogens is 388 g/mol. The van der Waals surface area contributed by atoms with Crippen LogP contribution < -0.4 is 10.9 Å². The van der Waals surface area contributed by atoms with Crippen LogP contribution in [0.4, 0.5) is 0 Å². The van der Waals surface area contributed by atoms with Gasteiger partial charge in [-0.2, -0.15) is 0 Å². The summed E-state index contributed by atoms with van der Waals surface area (Å²) in [5, 5.41) is 3.09. The van der Waals surface area contributed by atoms with Crippen molar-refractivity contribution in [3.05, 3.63) is 40.4 Å². The smallest absolute Gasteiger partial charge is 0.325 e. The summed E-state index contributed by atoms with van der Waals surface area (Å²) in [6, 6.07) is 4.94. The van der Waals surface area contributed by atoms with E-state index in [1.165, 1.54) is 18.0 Å². The van der Waals surface area contributed by atoms with Crippen LogP contribution in [-0.2, 0) is 21.4 Å². The molecule has 4 rings (SSSR count). The molecule has 0 unspecified atom stereocenters. The second kappa shape index (κ2) is 7.89. The van der Waals surface area contributed by atoms with E-state index in [1.807, 2.05) is 0 Å². The number of benzene rings is 1. The molecule has 0 bridgehead atoms. The first-order valence-electron chi connectivity index (χ1n) is 9.98. The van der Waals surface area contributed by atoms with Gasteiger partial charge in [0.05, 0.1) is 24.3 Å². The average Bonchev–Trinajstić information content (AvgIpc) is 2.74. The lowest BCUT2D eigenvalue weighted by molar-refractivity contribution is -0.144. The van der Waals surface area contributed by atoms with Crippen LogP contribution in [-0.4, -0.2) is 59.0 Å². The number of amides is 2. The summed E-state index contributed by atoms with van der Waals surface area (Å²) in [5.41, 5.74) is 0.811. The summed E-state index contributed by atoms with van der Waals surface area (Å²) >= 11 is 0. The Balaban J connectivity index is 1.45. The first-order valence-corrected chi connectivity index (χ1v) is 9.98. The summed E-state index contributed by atoms with van der Waals surface area (Å²) in [7, 11) is 2.91. The molecule has 9 heteroatoms. The van der Waals surface area contributed by atoms with E-state index in [0.29, 0.717) is 35.5 Å². The van der Waals surface area contributed by atoms with E-state index < -0.39 is 5.97 Å². The van der Waals surface area contributed by atoms with Gasteiger partial charge >= 0.3 is 5.97 Å². The molecule has 2 aromatic rings. The highest BCUT2D eigenvalue weighted by Gasteiger charge is 2.48. The van der Waals surface area contributed by atoms with Crippen molar-refractivity contribution >= 4 is 28.7 Å². The number of carbonyl (C=O) groups excluding carboxylic acids is 3. The molecule has 1 N–H and O–H groups in total. The van der Waals surface area contributed by atoms with E-state index in [9.17, 15) is 19.2 Å². The van der Waals surface area contributed by atoms with E-state index in [2.05, 4.69) is 15.0 Å². The third-order valence-electron chi connectivity index (χ3n) is 6.30. The van der Waals surface area contributed by atoms with Crippen LogP contribution in [0.1, 0.15) is 23.2 Å². The van der Waals surface area contributed by atoms with Crippen LogP contribution in [0.25, 0.3) is 10.9 Å². The fourth-order valence-electron chi connectivity index (χ4n) is 4.46. The number of fused-ring (bicyclic) bond motifs is 2. The van der Waals surface area contributed by atoms with Gasteiger partial charge in [-0.25, -0.2) is 4.98 Å². The molecule has 0 radical (unpaired) electrons. The molecular formula is C21H24N4O5. The number of ether oxygens (including phenoxy) is 1. The lowest BCUT2D eigenvalue weighted by Gasteiger charge is -2.50. The van der Waals surface area contributed by atoms with E-state index in [-0.39, 0.29) is 35.8 Å². The van der Waals surface area contributed by atoms with Crippen molar-refractivity contribution in [3.63, 3.8) is 0 Å². The van der Waals surface area contributed by atoms with Gasteiger partial charge in [0.15, 0.2) is 0 Å². The van der Waals surface area contributed by atoms with Crippen molar-refractivity contribution in [3.8, 4) is 0 Å². The van der Waals surface area contributed by atoms with Crippen LogP contribution in [0.15, 0.2) is 29.3 Å². The minimum absolute atomic E-state index is 0.0891. The predicted octanol–water partition coefficient (Wildman–Crippen LogP) is 0.321. The summed E-state index contributed by atoms with van der Waals surface area (Å²) in [6.45, 7) is 0.996. The Hall–Kier alpha value is -3.23. The number of methoxy groups -OCH3 is 1. The topological polar surface area (TPSA) is 111 Å². The number of nitrogens with zero attached hydrogens (tertiary/aromatic N) is 3. The maximum atomic E-state index is 13.1. The van der Waals surface area contributed by atoms with E-state index in [4.69, 9.17) is 0 Å². The maximum Gasteiger partial charge on any atom is 0.325 e. The molecule has 2 heterocycles. The van der Waals surface area contributed by atoms with Crippen molar-refractivity contribution < 1.29 is 19.1 Å². The standard InChI is InChI=1S/C21H24N4O5/c1-24-11-23-17-8-13(3-4-14(17)21(24)29)20(28)25-6-5-12-7-15(16(12)10-25)19(27)22-9-18(26)30-2/h3-4,8,11-12,15-16H,5-7,9-10H2,1-2H3,(H,22,27)/t12-,15-,16-/m1/s1. The highest BCUT2D eigenvalue weighted by Crippen LogP contribution is 2.45. The molecule has 1 aromatic heterocycles. The number of rotatable bonds is 4. The first-order chi connectivity index (χ1) is 14.4. The second-order valence-corrected chi connectivity index (χ2v) is 7.99. The zero-order chi connectivity index (χ0) is 21.4. The van der Waals surface area contributed by atoms with Gasteiger partial charge in [0.2, 0.25) is 5.91 Å². The Morgan fingerprint density at radius 3 is 2.87 bits per heavy atom. The Bertz CT molecular complexity index is 1080. The molecule has 2 fully saturated rings. The molecule has 2 amide bonds. The monoisotopic (exact) mass is 412 g/mol. The number of esters is 1. The SMILES string of the molecule is COC(=O)CNC(=O)[C@@H]1C[C@H]2CCN(C(=O)c3ccc4c(=O)n(C)cnc4c3)C[C@H]21. The van der Waals surface area contributed by atoms with Crippen molar-refractivity contribution in [2.45, 2.75) is 12.8 Å². The highest BCUT2D eigenvalue weighted by molar-refractivity contribution is 5.97. The number of nitrogens with one attached hydrogen (secondary N) is 1. The lowest BCUT2D eigenvalue weighted by Crippen LogP contribution is -2.56. The average molecular weight is 412 g/mol. The van der Waals surface area contributed by atoms with Crippen LogP contribution in [0.5, 0.6) is 0 Å².